The standard InChI is InChI=1S/C27H35ClN4O2/c1-18-17-31(15-16-32(18)19(2)21-7-9-22(10-8-21)20(3)33)23-11-13-30(14-12-23)27(34)26-24(28)5-4-6-25(26)29/h4-10,18-19,23H,11-17,29H2,1-3H3. The van der Waals surface area contributed by atoms with Gasteiger partial charge in [0.15, 0.2) is 5.78 Å². The van der Waals surface area contributed by atoms with E-state index >= 15 is 0 Å². The summed E-state index contributed by atoms with van der Waals surface area (Å²) in [6, 6.07) is 14.5. The second-order valence-electron chi connectivity index (χ2n) is 9.66. The first-order chi connectivity index (χ1) is 16.3. The topological polar surface area (TPSA) is 69.9 Å². The maximum Gasteiger partial charge on any atom is 0.257 e. The molecule has 34 heavy (non-hydrogen) atoms. The second-order valence-corrected chi connectivity index (χ2v) is 10.1. The van der Waals surface area contributed by atoms with E-state index in [-0.39, 0.29) is 11.7 Å². The van der Waals surface area contributed by atoms with Gasteiger partial charge in [0, 0.05) is 62.1 Å². The number of nitrogens with zero attached hydrogens (tertiary/aromatic N) is 3. The number of hydrogen-bond donors (Lipinski definition) is 1. The number of carbonyl (C=O) groups excluding carboxylic acids is 2. The number of nitrogen functional groups attached to an aromatic ring is 1. The maximum atomic E-state index is 13.0. The van der Waals surface area contributed by atoms with Gasteiger partial charge in [0.05, 0.1) is 10.6 Å². The normalized spacial score (nSPS) is 21.4. The lowest BCUT2D eigenvalue weighted by atomic mass is 9.98. The van der Waals surface area contributed by atoms with Crippen molar-refractivity contribution in [2.24, 2.45) is 0 Å². The Morgan fingerprint density at radius 2 is 1.71 bits per heavy atom. The minimum atomic E-state index is -0.0654. The number of rotatable bonds is 5. The van der Waals surface area contributed by atoms with E-state index in [4.69, 9.17) is 17.3 Å². The first-order valence-electron chi connectivity index (χ1n) is 12.2. The summed E-state index contributed by atoms with van der Waals surface area (Å²) in [5.74, 6) is 0.0358. The number of halogens is 1. The number of hydrogen-bond acceptors (Lipinski definition) is 5. The minimum Gasteiger partial charge on any atom is -0.398 e. The van der Waals surface area contributed by atoms with E-state index in [1.807, 2.05) is 17.0 Å². The van der Waals surface area contributed by atoms with Crippen molar-refractivity contribution in [2.45, 2.75) is 51.7 Å². The molecule has 182 valence electrons. The fourth-order valence-corrected chi connectivity index (χ4v) is 5.72. The number of piperazine rings is 1. The summed E-state index contributed by atoms with van der Waals surface area (Å²) in [5, 5.41) is 0.419. The van der Waals surface area contributed by atoms with Crippen LogP contribution in [0.15, 0.2) is 42.5 Å². The van der Waals surface area contributed by atoms with Crippen molar-refractivity contribution in [1.29, 1.82) is 0 Å². The summed E-state index contributed by atoms with van der Waals surface area (Å²) in [6.45, 7) is 10.6. The molecule has 2 aromatic carbocycles. The van der Waals surface area contributed by atoms with Gasteiger partial charge < -0.3 is 10.6 Å². The minimum absolute atomic E-state index is 0.0654. The van der Waals surface area contributed by atoms with Gasteiger partial charge in [-0.25, -0.2) is 0 Å². The molecule has 0 aromatic heterocycles. The van der Waals surface area contributed by atoms with Crippen LogP contribution in [0, 0.1) is 0 Å². The molecule has 2 aromatic rings. The van der Waals surface area contributed by atoms with Crippen LogP contribution >= 0.6 is 11.6 Å². The van der Waals surface area contributed by atoms with Gasteiger partial charge in [-0.05, 0) is 51.3 Å². The molecule has 2 N–H and O–H groups in total. The van der Waals surface area contributed by atoms with E-state index in [2.05, 4.69) is 35.8 Å². The van der Waals surface area contributed by atoms with E-state index in [1.54, 1.807) is 25.1 Å². The Bertz CT molecular complexity index is 1010. The number of piperidine rings is 1. The molecule has 0 spiro atoms. The van der Waals surface area contributed by atoms with E-state index < -0.39 is 0 Å². The predicted molar refractivity (Wildman–Crippen MR) is 137 cm³/mol. The SMILES string of the molecule is CC(=O)c1ccc(C(C)N2CCN(C3CCN(C(=O)c4c(N)cccc4Cl)CC3)CC2C)cc1. The number of Topliss-reactive ketones (excluding diaryl/α,β-unsaturated/α-hetero) is 1. The quantitative estimate of drug-likeness (QED) is 0.502. The van der Waals surface area contributed by atoms with Crippen molar-refractivity contribution in [3.05, 3.63) is 64.2 Å². The van der Waals surface area contributed by atoms with Crippen LogP contribution in [0.3, 0.4) is 0 Å². The van der Waals surface area contributed by atoms with Crippen LogP contribution in [0.1, 0.15) is 65.9 Å². The average Bonchev–Trinajstić information content (AvgIpc) is 2.83. The van der Waals surface area contributed by atoms with Gasteiger partial charge in [-0.15, -0.1) is 0 Å². The largest absolute Gasteiger partial charge is 0.398 e. The van der Waals surface area contributed by atoms with Gasteiger partial charge >= 0.3 is 0 Å². The van der Waals surface area contributed by atoms with E-state index in [0.717, 1.165) is 51.1 Å². The van der Waals surface area contributed by atoms with Crippen LogP contribution in [0.4, 0.5) is 5.69 Å². The Morgan fingerprint density at radius 1 is 1.03 bits per heavy atom. The molecule has 2 aliphatic heterocycles. The average molecular weight is 483 g/mol. The molecule has 2 fully saturated rings. The highest BCUT2D eigenvalue weighted by Crippen LogP contribution is 2.29. The molecule has 0 saturated carbocycles. The van der Waals surface area contributed by atoms with Crippen molar-refractivity contribution in [3.63, 3.8) is 0 Å². The highest BCUT2D eigenvalue weighted by atomic mass is 35.5. The monoisotopic (exact) mass is 482 g/mol. The Kier molecular flexibility index (Phi) is 7.60. The maximum absolute atomic E-state index is 13.0. The number of carbonyl (C=O) groups is 2. The Labute approximate surface area is 207 Å². The summed E-state index contributed by atoms with van der Waals surface area (Å²) in [4.78, 5) is 31.6. The zero-order chi connectivity index (χ0) is 24.4. The predicted octanol–water partition coefficient (Wildman–Crippen LogP) is 4.50. The lowest BCUT2D eigenvalue weighted by Gasteiger charge is -2.47. The third-order valence-corrected chi connectivity index (χ3v) is 7.85. The third-order valence-electron chi connectivity index (χ3n) is 7.54. The Morgan fingerprint density at radius 3 is 2.29 bits per heavy atom. The molecule has 4 rings (SSSR count). The number of likely N-dealkylation sites (tertiary alicyclic amines) is 1. The fourth-order valence-electron chi connectivity index (χ4n) is 5.45. The van der Waals surface area contributed by atoms with Crippen LogP contribution in [0.2, 0.25) is 5.02 Å². The van der Waals surface area contributed by atoms with Gasteiger partial charge in [0.2, 0.25) is 0 Å². The zero-order valence-corrected chi connectivity index (χ0v) is 21.1. The van der Waals surface area contributed by atoms with Crippen molar-refractivity contribution in [3.8, 4) is 0 Å². The highest BCUT2D eigenvalue weighted by molar-refractivity contribution is 6.34. The smallest absolute Gasteiger partial charge is 0.257 e. The molecule has 6 nitrogen and oxygen atoms in total. The van der Waals surface area contributed by atoms with Crippen LogP contribution in [0.25, 0.3) is 0 Å². The molecule has 0 aliphatic carbocycles. The highest BCUT2D eigenvalue weighted by Gasteiger charge is 2.34. The number of amides is 1. The van der Waals surface area contributed by atoms with Gasteiger partial charge in [-0.1, -0.05) is 41.9 Å². The lowest BCUT2D eigenvalue weighted by Crippen LogP contribution is -2.57. The third kappa shape index (κ3) is 5.14. The first-order valence-corrected chi connectivity index (χ1v) is 12.6. The number of anilines is 1. The van der Waals surface area contributed by atoms with Gasteiger partial charge in [-0.3, -0.25) is 19.4 Å². The molecule has 2 saturated heterocycles. The first kappa shape index (κ1) is 24.7. The van der Waals surface area contributed by atoms with Crippen LogP contribution in [-0.4, -0.2) is 71.2 Å². The molecule has 0 bridgehead atoms. The molecule has 2 atom stereocenters. The van der Waals surface area contributed by atoms with Crippen molar-refractivity contribution in [2.75, 3.05) is 38.5 Å². The molecular formula is C27H35ClN4O2. The Balaban J connectivity index is 1.32. The Hall–Kier alpha value is -2.41. The van der Waals surface area contributed by atoms with E-state index in [1.165, 1.54) is 5.56 Å². The second kappa shape index (κ2) is 10.5. The van der Waals surface area contributed by atoms with Crippen LogP contribution in [0.5, 0.6) is 0 Å². The van der Waals surface area contributed by atoms with Crippen LogP contribution < -0.4 is 5.73 Å². The molecule has 0 radical (unpaired) electrons. The zero-order valence-electron chi connectivity index (χ0n) is 20.3. The fraction of sp³-hybridized carbons (Fsp3) is 0.481. The van der Waals surface area contributed by atoms with Gasteiger partial charge in [0.1, 0.15) is 0 Å². The molecule has 2 unspecified atom stereocenters. The summed E-state index contributed by atoms with van der Waals surface area (Å²) in [5.41, 5.74) is 8.90. The van der Waals surface area contributed by atoms with Gasteiger partial charge in [-0.2, -0.15) is 0 Å². The van der Waals surface area contributed by atoms with Crippen molar-refractivity contribution >= 4 is 29.0 Å². The van der Waals surface area contributed by atoms with Crippen molar-refractivity contribution in [1.82, 2.24) is 14.7 Å². The molecule has 2 aliphatic rings. The van der Waals surface area contributed by atoms with E-state index in [9.17, 15) is 9.59 Å². The summed E-state index contributed by atoms with van der Waals surface area (Å²) in [6.07, 6.45) is 1.93. The van der Waals surface area contributed by atoms with Gasteiger partial charge in [0.25, 0.3) is 5.91 Å². The van der Waals surface area contributed by atoms with E-state index in [0.29, 0.717) is 34.4 Å². The molecular weight excluding hydrogens is 448 g/mol. The number of benzene rings is 2. The summed E-state index contributed by atoms with van der Waals surface area (Å²) >= 11 is 6.26. The molecule has 7 heteroatoms. The van der Waals surface area contributed by atoms with Crippen LogP contribution in [-0.2, 0) is 0 Å². The molecule has 2 heterocycles. The number of ketones is 1. The summed E-state index contributed by atoms with van der Waals surface area (Å²) in [7, 11) is 0. The summed E-state index contributed by atoms with van der Waals surface area (Å²) < 4.78 is 0. The lowest BCUT2D eigenvalue weighted by molar-refractivity contribution is 0.0135. The number of nitrogens with two attached hydrogens (primary N) is 1. The van der Waals surface area contributed by atoms with Crippen molar-refractivity contribution < 1.29 is 9.59 Å². The molecule has 1 amide bonds.